The first-order chi connectivity index (χ1) is 10.2. The lowest BCUT2D eigenvalue weighted by molar-refractivity contribution is 0.0629. The van der Waals surface area contributed by atoms with Crippen LogP contribution in [0.5, 0.6) is 0 Å². The molecule has 1 fully saturated rings. The first-order valence-electron chi connectivity index (χ1n) is 7.12. The van der Waals surface area contributed by atoms with Crippen molar-refractivity contribution in [3.05, 3.63) is 52.2 Å². The second kappa shape index (κ2) is 6.28. The van der Waals surface area contributed by atoms with Crippen LogP contribution in [0.1, 0.15) is 15.2 Å². The molecule has 3 rings (SSSR count). The smallest absolute Gasteiger partial charge is 0.254 e. The normalized spacial score (nSPS) is 16.1. The summed E-state index contributed by atoms with van der Waals surface area (Å²) < 4.78 is 0. The van der Waals surface area contributed by atoms with Gasteiger partial charge in [0.2, 0.25) is 0 Å². The fourth-order valence-corrected chi connectivity index (χ4v) is 3.33. The van der Waals surface area contributed by atoms with Crippen molar-refractivity contribution in [2.45, 2.75) is 6.54 Å². The standard InChI is InChI=1S/C16H19N3OS/c17-14-4-1-3-13(11-14)16(20)19-8-6-18(7-9-19)12-15-5-2-10-21-15/h1-5,10-11H,6-9,12,17H2. The van der Waals surface area contributed by atoms with E-state index < -0.39 is 0 Å². The number of anilines is 1. The largest absolute Gasteiger partial charge is 0.399 e. The summed E-state index contributed by atoms with van der Waals surface area (Å²) in [6.07, 6.45) is 0. The number of benzene rings is 1. The van der Waals surface area contributed by atoms with Gasteiger partial charge in [0.05, 0.1) is 0 Å². The zero-order chi connectivity index (χ0) is 14.7. The molecular weight excluding hydrogens is 282 g/mol. The zero-order valence-corrected chi connectivity index (χ0v) is 12.7. The second-order valence-electron chi connectivity index (χ2n) is 5.27. The minimum atomic E-state index is 0.0815. The molecule has 1 aromatic heterocycles. The van der Waals surface area contributed by atoms with Gasteiger partial charge >= 0.3 is 0 Å². The molecule has 0 unspecified atom stereocenters. The third-order valence-electron chi connectivity index (χ3n) is 3.75. The van der Waals surface area contributed by atoms with E-state index >= 15 is 0 Å². The maximum absolute atomic E-state index is 12.4. The molecule has 0 aliphatic carbocycles. The number of piperazine rings is 1. The van der Waals surface area contributed by atoms with E-state index in [2.05, 4.69) is 22.4 Å². The van der Waals surface area contributed by atoms with Crippen LogP contribution in [0.2, 0.25) is 0 Å². The highest BCUT2D eigenvalue weighted by atomic mass is 32.1. The Morgan fingerprint density at radius 2 is 1.95 bits per heavy atom. The van der Waals surface area contributed by atoms with Gasteiger partial charge in [0.25, 0.3) is 5.91 Å². The monoisotopic (exact) mass is 301 g/mol. The summed E-state index contributed by atoms with van der Waals surface area (Å²) >= 11 is 1.79. The fraction of sp³-hybridized carbons (Fsp3) is 0.312. The van der Waals surface area contributed by atoms with Crippen molar-refractivity contribution >= 4 is 22.9 Å². The number of rotatable bonds is 3. The van der Waals surface area contributed by atoms with Gasteiger partial charge in [-0.15, -0.1) is 11.3 Å². The van der Waals surface area contributed by atoms with E-state index in [0.29, 0.717) is 11.3 Å². The van der Waals surface area contributed by atoms with Gasteiger partial charge in [-0.25, -0.2) is 0 Å². The predicted octanol–water partition coefficient (Wildman–Crippen LogP) is 2.29. The molecule has 0 bridgehead atoms. The summed E-state index contributed by atoms with van der Waals surface area (Å²) in [4.78, 5) is 18.1. The molecule has 2 heterocycles. The predicted molar refractivity (Wildman–Crippen MR) is 86.4 cm³/mol. The van der Waals surface area contributed by atoms with E-state index in [1.54, 1.807) is 23.5 Å². The number of nitrogens with zero attached hydrogens (tertiary/aromatic N) is 2. The Balaban J connectivity index is 1.57. The van der Waals surface area contributed by atoms with E-state index in [0.717, 1.165) is 32.7 Å². The topological polar surface area (TPSA) is 49.6 Å². The number of amides is 1. The molecule has 1 saturated heterocycles. The number of hydrogen-bond donors (Lipinski definition) is 1. The molecule has 4 nitrogen and oxygen atoms in total. The Hall–Kier alpha value is -1.85. The average molecular weight is 301 g/mol. The van der Waals surface area contributed by atoms with Crippen LogP contribution >= 0.6 is 11.3 Å². The van der Waals surface area contributed by atoms with E-state index in [4.69, 9.17) is 5.73 Å². The van der Waals surface area contributed by atoms with Gasteiger partial charge in [-0.05, 0) is 29.6 Å². The summed E-state index contributed by atoms with van der Waals surface area (Å²) in [7, 11) is 0. The van der Waals surface area contributed by atoms with Crippen LogP contribution in [0.4, 0.5) is 5.69 Å². The van der Waals surface area contributed by atoms with Crippen LogP contribution in [0.25, 0.3) is 0 Å². The Kier molecular flexibility index (Phi) is 4.22. The molecule has 2 aromatic rings. The number of carbonyl (C=O) groups excluding carboxylic acids is 1. The summed E-state index contributed by atoms with van der Waals surface area (Å²) in [6.45, 7) is 4.38. The summed E-state index contributed by atoms with van der Waals surface area (Å²) in [5, 5.41) is 2.11. The zero-order valence-electron chi connectivity index (χ0n) is 11.9. The number of nitrogen functional groups attached to an aromatic ring is 1. The molecule has 21 heavy (non-hydrogen) atoms. The van der Waals surface area contributed by atoms with E-state index in [1.807, 2.05) is 17.0 Å². The molecule has 1 aliphatic rings. The number of nitrogens with two attached hydrogens (primary N) is 1. The average Bonchev–Trinajstić information content (AvgIpc) is 3.00. The van der Waals surface area contributed by atoms with Crippen LogP contribution < -0.4 is 5.73 Å². The summed E-state index contributed by atoms with van der Waals surface area (Å²) in [5.41, 5.74) is 7.06. The third-order valence-corrected chi connectivity index (χ3v) is 4.61. The number of thiophene rings is 1. The van der Waals surface area contributed by atoms with Crippen molar-refractivity contribution in [2.24, 2.45) is 0 Å². The van der Waals surface area contributed by atoms with Crippen molar-refractivity contribution in [1.29, 1.82) is 0 Å². The molecule has 1 aromatic carbocycles. The van der Waals surface area contributed by atoms with Crippen LogP contribution in [0, 0.1) is 0 Å². The van der Waals surface area contributed by atoms with Gasteiger partial charge in [0, 0.05) is 48.9 Å². The van der Waals surface area contributed by atoms with Crippen LogP contribution in [0.3, 0.4) is 0 Å². The van der Waals surface area contributed by atoms with Crippen molar-refractivity contribution in [2.75, 3.05) is 31.9 Å². The van der Waals surface area contributed by atoms with Gasteiger partial charge in [-0.3, -0.25) is 9.69 Å². The van der Waals surface area contributed by atoms with E-state index in [-0.39, 0.29) is 5.91 Å². The maximum atomic E-state index is 12.4. The highest BCUT2D eigenvalue weighted by Gasteiger charge is 2.22. The van der Waals surface area contributed by atoms with E-state index in [9.17, 15) is 4.79 Å². The van der Waals surface area contributed by atoms with Gasteiger partial charge in [-0.2, -0.15) is 0 Å². The Morgan fingerprint density at radius 1 is 1.14 bits per heavy atom. The first kappa shape index (κ1) is 14.1. The fourth-order valence-electron chi connectivity index (χ4n) is 2.59. The molecule has 1 amide bonds. The van der Waals surface area contributed by atoms with Crippen LogP contribution in [0.15, 0.2) is 41.8 Å². The van der Waals surface area contributed by atoms with Gasteiger partial charge in [0.1, 0.15) is 0 Å². The van der Waals surface area contributed by atoms with Crippen LogP contribution in [-0.4, -0.2) is 41.9 Å². The molecule has 0 atom stereocenters. The molecule has 110 valence electrons. The number of hydrogen-bond acceptors (Lipinski definition) is 4. The number of carbonyl (C=O) groups is 1. The second-order valence-corrected chi connectivity index (χ2v) is 6.31. The molecule has 0 spiro atoms. The lowest BCUT2D eigenvalue weighted by Gasteiger charge is -2.34. The van der Waals surface area contributed by atoms with Crippen molar-refractivity contribution in [3.8, 4) is 0 Å². The van der Waals surface area contributed by atoms with Gasteiger partial charge < -0.3 is 10.6 Å². The Bertz CT molecular complexity index is 604. The van der Waals surface area contributed by atoms with Crippen molar-refractivity contribution in [3.63, 3.8) is 0 Å². The van der Waals surface area contributed by atoms with Gasteiger partial charge in [0.15, 0.2) is 0 Å². The lowest BCUT2D eigenvalue weighted by atomic mass is 10.1. The Labute approximate surface area is 128 Å². The maximum Gasteiger partial charge on any atom is 0.254 e. The highest BCUT2D eigenvalue weighted by molar-refractivity contribution is 7.09. The van der Waals surface area contributed by atoms with Gasteiger partial charge in [-0.1, -0.05) is 12.1 Å². The van der Waals surface area contributed by atoms with Crippen molar-refractivity contribution in [1.82, 2.24) is 9.80 Å². The minimum absolute atomic E-state index is 0.0815. The lowest BCUT2D eigenvalue weighted by Crippen LogP contribution is -2.48. The molecule has 2 N–H and O–H groups in total. The first-order valence-corrected chi connectivity index (χ1v) is 8.00. The summed E-state index contributed by atoms with van der Waals surface area (Å²) in [6, 6.07) is 11.5. The third kappa shape index (κ3) is 3.43. The van der Waals surface area contributed by atoms with Crippen molar-refractivity contribution < 1.29 is 4.79 Å². The molecule has 0 saturated carbocycles. The summed E-state index contributed by atoms with van der Waals surface area (Å²) in [5.74, 6) is 0.0815. The molecule has 5 heteroatoms. The quantitative estimate of drug-likeness (QED) is 0.885. The SMILES string of the molecule is Nc1cccc(C(=O)N2CCN(Cc3cccs3)CC2)c1. The highest BCUT2D eigenvalue weighted by Crippen LogP contribution is 2.15. The molecular formula is C16H19N3OS. The Morgan fingerprint density at radius 3 is 2.62 bits per heavy atom. The molecule has 0 radical (unpaired) electrons. The van der Waals surface area contributed by atoms with E-state index in [1.165, 1.54) is 4.88 Å². The minimum Gasteiger partial charge on any atom is -0.399 e. The molecule has 1 aliphatic heterocycles. The van der Waals surface area contributed by atoms with Crippen LogP contribution in [-0.2, 0) is 6.54 Å².